The molecule has 0 radical (unpaired) electrons. The standard InChI is InChI=1S/C26H22FN3O3/c1-17-21(18-5-3-2-4-6-18)16-24-23(15-22(17)25(31)29-11-13-33-14-12-29)28-26(32)30(24)20-9-7-19(27)8-10-20/h2-10,15-16H,11-14H2,1H3. The van der Waals surface area contributed by atoms with Crippen LogP contribution >= 0.6 is 0 Å². The highest BCUT2D eigenvalue weighted by atomic mass is 19.1. The molecule has 2 aliphatic heterocycles. The van der Waals surface area contributed by atoms with Crippen LogP contribution in [0.15, 0.2) is 71.5 Å². The summed E-state index contributed by atoms with van der Waals surface area (Å²) >= 11 is 0. The zero-order valence-corrected chi connectivity index (χ0v) is 18.1. The van der Waals surface area contributed by atoms with Crippen molar-refractivity contribution in [3.63, 3.8) is 0 Å². The van der Waals surface area contributed by atoms with Gasteiger partial charge in [0.05, 0.1) is 30.3 Å². The number of benzene rings is 2. The molecule has 0 atom stereocenters. The van der Waals surface area contributed by atoms with Gasteiger partial charge in [0.15, 0.2) is 0 Å². The van der Waals surface area contributed by atoms with Crippen LogP contribution in [0.2, 0.25) is 0 Å². The SMILES string of the molecule is Cc1c(C(=O)N2CCOCC2)cc2nc(=O)n(-c3ccc(F)cc3)c-2cc1-c1ccccc1. The number of morpholine rings is 1. The maximum absolute atomic E-state index is 13.5. The topological polar surface area (TPSA) is 64.4 Å². The molecule has 3 aliphatic rings. The number of ether oxygens (including phenoxy) is 1. The molecule has 0 spiro atoms. The molecule has 6 nitrogen and oxygen atoms in total. The van der Waals surface area contributed by atoms with Crippen LogP contribution in [0, 0.1) is 12.7 Å². The second-order valence-electron chi connectivity index (χ2n) is 7.99. The monoisotopic (exact) mass is 443 g/mol. The highest BCUT2D eigenvalue weighted by Crippen LogP contribution is 2.32. The Bertz CT molecular complexity index is 1340. The van der Waals surface area contributed by atoms with E-state index in [1.165, 1.54) is 16.7 Å². The van der Waals surface area contributed by atoms with E-state index in [1.54, 1.807) is 23.1 Å². The lowest BCUT2D eigenvalue weighted by molar-refractivity contribution is 0.0302. The fraction of sp³-hybridized carbons (Fsp3) is 0.192. The molecule has 2 aromatic carbocycles. The van der Waals surface area contributed by atoms with E-state index in [0.717, 1.165) is 16.7 Å². The van der Waals surface area contributed by atoms with Crippen molar-refractivity contribution in [2.75, 3.05) is 26.3 Å². The van der Waals surface area contributed by atoms with E-state index in [0.29, 0.717) is 48.9 Å². The van der Waals surface area contributed by atoms with Gasteiger partial charge in [-0.15, -0.1) is 0 Å². The highest BCUT2D eigenvalue weighted by molar-refractivity contribution is 5.98. The second-order valence-corrected chi connectivity index (χ2v) is 7.99. The molecule has 0 aromatic heterocycles. The van der Waals surface area contributed by atoms with Gasteiger partial charge in [0.25, 0.3) is 5.91 Å². The average molecular weight is 443 g/mol. The third-order valence-corrected chi connectivity index (χ3v) is 5.98. The van der Waals surface area contributed by atoms with Crippen LogP contribution in [-0.4, -0.2) is 46.7 Å². The molecular formula is C26H22FN3O3. The average Bonchev–Trinajstić information content (AvgIpc) is 3.08. The van der Waals surface area contributed by atoms with Gasteiger partial charge in [0.1, 0.15) is 5.82 Å². The van der Waals surface area contributed by atoms with Gasteiger partial charge in [-0.2, -0.15) is 4.98 Å². The Kier molecular flexibility index (Phi) is 5.48. The number of aromatic nitrogens is 2. The van der Waals surface area contributed by atoms with Crippen LogP contribution in [0.3, 0.4) is 0 Å². The van der Waals surface area contributed by atoms with E-state index < -0.39 is 5.69 Å². The summed E-state index contributed by atoms with van der Waals surface area (Å²) in [6.45, 7) is 3.92. The van der Waals surface area contributed by atoms with Crippen LogP contribution in [0.5, 0.6) is 0 Å². The van der Waals surface area contributed by atoms with E-state index in [9.17, 15) is 14.0 Å². The number of imidazole rings is 1. The number of rotatable bonds is 3. The van der Waals surface area contributed by atoms with Gasteiger partial charge in [-0.05, 0) is 60.0 Å². The summed E-state index contributed by atoms with van der Waals surface area (Å²) in [5.41, 5.74) is 4.02. The van der Waals surface area contributed by atoms with Crippen LogP contribution in [0.4, 0.5) is 4.39 Å². The molecule has 2 aromatic rings. The number of carbonyl (C=O) groups is 1. The minimum Gasteiger partial charge on any atom is -0.378 e. The predicted molar refractivity (Wildman–Crippen MR) is 123 cm³/mol. The lowest BCUT2D eigenvalue weighted by Crippen LogP contribution is -2.40. The first kappa shape index (κ1) is 21.0. The minimum absolute atomic E-state index is 0.116. The van der Waals surface area contributed by atoms with Crippen LogP contribution in [0.1, 0.15) is 15.9 Å². The fourth-order valence-electron chi connectivity index (χ4n) is 4.22. The Morgan fingerprint density at radius 3 is 2.39 bits per heavy atom. The largest absolute Gasteiger partial charge is 0.378 e. The molecule has 2 heterocycles. The van der Waals surface area contributed by atoms with E-state index >= 15 is 0 Å². The second kappa shape index (κ2) is 8.60. The minimum atomic E-state index is -0.482. The third-order valence-electron chi connectivity index (χ3n) is 5.98. The molecule has 0 N–H and O–H groups in total. The van der Waals surface area contributed by atoms with Crippen molar-refractivity contribution in [3.8, 4) is 28.2 Å². The zero-order valence-electron chi connectivity index (χ0n) is 18.1. The van der Waals surface area contributed by atoms with Gasteiger partial charge in [-0.3, -0.25) is 9.36 Å². The Morgan fingerprint density at radius 2 is 1.70 bits per heavy atom. The van der Waals surface area contributed by atoms with Gasteiger partial charge in [0, 0.05) is 18.7 Å². The van der Waals surface area contributed by atoms with E-state index in [-0.39, 0.29) is 11.7 Å². The summed E-state index contributed by atoms with van der Waals surface area (Å²) < 4.78 is 20.4. The van der Waals surface area contributed by atoms with Gasteiger partial charge < -0.3 is 9.64 Å². The van der Waals surface area contributed by atoms with E-state index in [1.807, 2.05) is 43.3 Å². The molecule has 0 saturated carbocycles. The van der Waals surface area contributed by atoms with Crippen molar-refractivity contribution in [1.29, 1.82) is 0 Å². The van der Waals surface area contributed by atoms with Crippen molar-refractivity contribution in [2.45, 2.75) is 6.92 Å². The number of hydrogen-bond donors (Lipinski definition) is 0. The number of carbonyl (C=O) groups excluding carboxylic acids is 1. The Hall–Kier alpha value is -3.84. The smallest absolute Gasteiger partial charge is 0.353 e. The summed E-state index contributed by atoms with van der Waals surface area (Å²) in [4.78, 5) is 32.4. The van der Waals surface area contributed by atoms with Gasteiger partial charge >= 0.3 is 5.69 Å². The molecule has 7 heteroatoms. The number of fused-ring (bicyclic) bond motifs is 1. The fourth-order valence-corrected chi connectivity index (χ4v) is 4.22. The molecular weight excluding hydrogens is 421 g/mol. The summed E-state index contributed by atoms with van der Waals surface area (Å²) in [5.74, 6) is -0.505. The van der Waals surface area contributed by atoms with E-state index in [4.69, 9.17) is 4.74 Å². The Balaban J connectivity index is 1.76. The lowest BCUT2D eigenvalue weighted by Gasteiger charge is -2.27. The van der Waals surface area contributed by atoms with Gasteiger partial charge in [-0.1, -0.05) is 30.3 Å². The molecule has 5 rings (SSSR count). The molecule has 1 amide bonds. The van der Waals surface area contributed by atoms with Crippen molar-refractivity contribution in [1.82, 2.24) is 14.5 Å². The van der Waals surface area contributed by atoms with Gasteiger partial charge in [0.2, 0.25) is 0 Å². The summed E-state index contributed by atoms with van der Waals surface area (Å²) in [5, 5.41) is 0. The number of halogens is 1. The van der Waals surface area contributed by atoms with Crippen molar-refractivity contribution in [2.24, 2.45) is 0 Å². The first-order valence-corrected chi connectivity index (χ1v) is 10.8. The summed E-state index contributed by atoms with van der Waals surface area (Å²) in [6.07, 6.45) is 0. The Morgan fingerprint density at radius 1 is 1.00 bits per heavy atom. The molecule has 166 valence electrons. The normalized spacial score (nSPS) is 13.9. The summed E-state index contributed by atoms with van der Waals surface area (Å²) in [7, 11) is 0. The highest BCUT2D eigenvalue weighted by Gasteiger charge is 2.25. The molecule has 0 unspecified atom stereocenters. The first-order chi connectivity index (χ1) is 16.0. The maximum Gasteiger partial charge on any atom is 0.353 e. The zero-order chi connectivity index (χ0) is 22.9. The first-order valence-electron chi connectivity index (χ1n) is 10.8. The Labute approximate surface area is 190 Å². The molecule has 33 heavy (non-hydrogen) atoms. The van der Waals surface area contributed by atoms with Crippen LogP contribution < -0.4 is 5.69 Å². The molecule has 0 bridgehead atoms. The van der Waals surface area contributed by atoms with Crippen LogP contribution in [-0.2, 0) is 4.74 Å². The van der Waals surface area contributed by atoms with E-state index in [2.05, 4.69) is 4.98 Å². The molecule has 1 saturated heterocycles. The van der Waals surface area contributed by atoms with Crippen LogP contribution in [0.25, 0.3) is 28.2 Å². The molecule has 1 fully saturated rings. The summed E-state index contributed by atoms with van der Waals surface area (Å²) in [6, 6.07) is 19.0. The predicted octanol–water partition coefficient (Wildman–Crippen LogP) is 3.92. The number of amides is 1. The number of nitrogens with zero attached hydrogens (tertiary/aromatic N) is 3. The van der Waals surface area contributed by atoms with Gasteiger partial charge in [-0.25, -0.2) is 9.18 Å². The quantitative estimate of drug-likeness (QED) is 0.481. The van der Waals surface area contributed by atoms with Crippen molar-refractivity contribution in [3.05, 3.63) is 94.2 Å². The molecule has 1 aliphatic carbocycles. The maximum atomic E-state index is 13.5. The lowest BCUT2D eigenvalue weighted by atomic mass is 9.99. The number of hydrogen-bond acceptors (Lipinski definition) is 4. The third kappa shape index (κ3) is 3.91. The van der Waals surface area contributed by atoms with Crippen molar-refractivity contribution < 1.29 is 13.9 Å². The van der Waals surface area contributed by atoms with Crippen molar-refractivity contribution >= 4 is 5.91 Å².